The van der Waals surface area contributed by atoms with Gasteiger partial charge in [0.25, 0.3) is 0 Å². The molecule has 0 atom stereocenters. The molecular weight excluding hydrogens is 148 g/mol. The molecule has 0 N–H and O–H groups in total. The first-order chi connectivity index (χ1) is 5.36. The molecule has 1 heteroatoms. The molecular formula is C11H21O. The van der Waals surface area contributed by atoms with Crippen LogP contribution in [0, 0.1) is 10.8 Å². The van der Waals surface area contributed by atoms with Gasteiger partial charge in [-0.1, -0.05) is 40.5 Å². The van der Waals surface area contributed by atoms with Crippen LogP contribution < -0.4 is 0 Å². The van der Waals surface area contributed by atoms with Gasteiger partial charge < -0.3 is 0 Å². The summed E-state index contributed by atoms with van der Waals surface area (Å²) in [5.41, 5.74) is 0. The Balaban J connectivity index is 2.81. The predicted octanol–water partition coefficient (Wildman–Crippen LogP) is 3.41. The van der Waals surface area contributed by atoms with Crippen LogP contribution in [0.1, 0.15) is 53.4 Å². The van der Waals surface area contributed by atoms with Gasteiger partial charge in [-0.2, -0.15) is 0 Å². The van der Waals surface area contributed by atoms with Crippen molar-refractivity contribution in [3.8, 4) is 0 Å². The predicted molar refractivity (Wildman–Crippen MR) is 50.5 cm³/mol. The molecule has 1 nitrogen and oxygen atoms in total. The third kappa shape index (κ3) is 1.82. The molecule has 1 saturated carbocycles. The van der Waals surface area contributed by atoms with E-state index in [1.807, 2.05) is 0 Å². The second-order valence-electron chi connectivity index (χ2n) is 5.56. The molecule has 1 rings (SSSR count). The van der Waals surface area contributed by atoms with Crippen LogP contribution in [0.25, 0.3) is 0 Å². The molecule has 0 amide bonds. The number of hydrogen-bond donors (Lipinski definition) is 0. The summed E-state index contributed by atoms with van der Waals surface area (Å²) in [6, 6.07) is 0. The van der Waals surface area contributed by atoms with Crippen molar-refractivity contribution in [3.05, 3.63) is 0 Å². The van der Waals surface area contributed by atoms with E-state index in [-0.39, 0.29) is 10.8 Å². The Morgan fingerprint density at radius 3 is 1.58 bits per heavy atom. The van der Waals surface area contributed by atoms with Crippen molar-refractivity contribution >= 4 is 0 Å². The normalized spacial score (nSPS) is 29.8. The van der Waals surface area contributed by atoms with Gasteiger partial charge in [0.05, 0.1) is 0 Å². The van der Waals surface area contributed by atoms with Crippen LogP contribution in [-0.2, 0) is 5.11 Å². The van der Waals surface area contributed by atoms with E-state index in [1.165, 1.54) is 12.8 Å². The van der Waals surface area contributed by atoms with E-state index < -0.39 is 6.10 Å². The maximum Gasteiger partial charge on any atom is 0.103 e. The molecule has 0 saturated heterocycles. The number of rotatable bonds is 0. The summed E-state index contributed by atoms with van der Waals surface area (Å²) in [6.07, 6.45) is 4.27. The van der Waals surface area contributed by atoms with Gasteiger partial charge in [-0.05, 0) is 23.7 Å². The molecule has 0 aromatic carbocycles. The fourth-order valence-corrected chi connectivity index (χ4v) is 2.48. The Labute approximate surface area is 76.2 Å². The third-order valence-corrected chi connectivity index (χ3v) is 3.31. The average molecular weight is 169 g/mol. The molecule has 12 heavy (non-hydrogen) atoms. The smallest absolute Gasteiger partial charge is 0.103 e. The molecule has 0 aliphatic heterocycles. The SMILES string of the molecule is CC1(C)CCCCC(C)(C)C1[O]. The van der Waals surface area contributed by atoms with Gasteiger partial charge in [-0.15, -0.1) is 0 Å². The lowest BCUT2D eigenvalue weighted by molar-refractivity contribution is -0.0851. The fourth-order valence-electron chi connectivity index (χ4n) is 2.48. The van der Waals surface area contributed by atoms with Gasteiger partial charge in [0.15, 0.2) is 0 Å². The Morgan fingerprint density at radius 2 is 1.25 bits per heavy atom. The zero-order valence-electron chi connectivity index (χ0n) is 8.81. The molecule has 1 fully saturated rings. The van der Waals surface area contributed by atoms with Gasteiger partial charge >= 0.3 is 0 Å². The summed E-state index contributed by atoms with van der Waals surface area (Å²) in [7, 11) is 0. The summed E-state index contributed by atoms with van der Waals surface area (Å²) in [5, 5.41) is 12.1. The highest BCUT2D eigenvalue weighted by molar-refractivity contribution is 4.91. The lowest BCUT2D eigenvalue weighted by Crippen LogP contribution is -2.38. The fraction of sp³-hybridized carbons (Fsp3) is 1.00. The van der Waals surface area contributed by atoms with E-state index in [0.29, 0.717) is 0 Å². The first-order valence-electron chi connectivity index (χ1n) is 5.02. The van der Waals surface area contributed by atoms with Crippen LogP contribution >= 0.6 is 0 Å². The molecule has 0 bridgehead atoms. The van der Waals surface area contributed by atoms with Crippen molar-refractivity contribution in [1.29, 1.82) is 0 Å². The van der Waals surface area contributed by atoms with Gasteiger partial charge in [0, 0.05) is 0 Å². The zero-order chi connectivity index (χ0) is 9.41. The highest BCUT2D eigenvalue weighted by Crippen LogP contribution is 2.44. The van der Waals surface area contributed by atoms with Crippen molar-refractivity contribution in [2.45, 2.75) is 59.5 Å². The van der Waals surface area contributed by atoms with E-state index in [0.717, 1.165) is 12.8 Å². The lowest BCUT2D eigenvalue weighted by Gasteiger charge is -2.36. The van der Waals surface area contributed by atoms with E-state index in [4.69, 9.17) is 0 Å². The molecule has 1 aliphatic rings. The third-order valence-electron chi connectivity index (χ3n) is 3.31. The number of hydrogen-bond acceptors (Lipinski definition) is 0. The maximum atomic E-state index is 12.1. The Hall–Kier alpha value is -0.0400. The van der Waals surface area contributed by atoms with Crippen molar-refractivity contribution in [2.24, 2.45) is 10.8 Å². The largest absolute Gasteiger partial charge is 0.232 e. The molecule has 0 unspecified atom stereocenters. The Bertz CT molecular complexity index is 140. The summed E-state index contributed by atoms with van der Waals surface area (Å²) < 4.78 is 0. The quantitative estimate of drug-likeness (QED) is 0.495. The summed E-state index contributed by atoms with van der Waals surface area (Å²) in [4.78, 5) is 0. The van der Waals surface area contributed by atoms with Crippen LogP contribution in [0.5, 0.6) is 0 Å². The van der Waals surface area contributed by atoms with E-state index >= 15 is 0 Å². The van der Waals surface area contributed by atoms with E-state index in [1.54, 1.807) is 0 Å². The van der Waals surface area contributed by atoms with Gasteiger partial charge in [0.2, 0.25) is 0 Å². The molecule has 0 aromatic heterocycles. The van der Waals surface area contributed by atoms with Crippen LogP contribution in [0.2, 0.25) is 0 Å². The zero-order valence-corrected chi connectivity index (χ0v) is 8.81. The van der Waals surface area contributed by atoms with Gasteiger partial charge in [-0.3, -0.25) is 0 Å². The molecule has 71 valence electrons. The summed E-state index contributed by atoms with van der Waals surface area (Å²) in [6.45, 7) is 8.49. The Morgan fingerprint density at radius 1 is 0.917 bits per heavy atom. The molecule has 0 heterocycles. The molecule has 1 radical (unpaired) electrons. The van der Waals surface area contributed by atoms with Crippen LogP contribution in [0.4, 0.5) is 0 Å². The summed E-state index contributed by atoms with van der Waals surface area (Å²) in [5.74, 6) is 0. The highest BCUT2D eigenvalue weighted by atomic mass is 16.3. The van der Waals surface area contributed by atoms with Crippen molar-refractivity contribution in [2.75, 3.05) is 0 Å². The van der Waals surface area contributed by atoms with Crippen LogP contribution in [-0.4, -0.2) is 6.10 Å². The monoisotopic (exact) mass is 169 g/mol. The molecule has 0 aromatic rings. The molecule has 0 spiro atoms. The van der Waals surface area contributed by atoms with Crippen LogP contribution in [0.3, 0.4) is 0 Å². The minimum Gasteiger partial charge on any atom is -0.232 e. The highest BCUT2D eigenvalue weighted by Gasteiger charge is 2.42. The topological polar surface area (TPSA) is 19.9 Å². The van der Waals surface area contributed by atoms with Crippen molar-refractivity contribution in [1.82, 2.24) is 0 Å². The Kier molecular flexibility index (Phi) is 2.53. The maximum absolute atomic E-state index is 12.1. The van der Waals surface area contributed by atoms with Crippen LogP contribution in [0.15, 0.2) is 0 Å². The van der Waals surface area contributed by atoms with Crippen molar-refractivity contribution < 1.29 is 5.11 Å². The molecule has 1 aliphatic carbocycles. The van der Waals surface area contributed by atoms with E-state index in [2.05, 4.69) is 27.7 Å². The minimum absolute atomic E-state index is 0. The van der Waals surface area contributed by atoms with Crippen molar-refractivity contribution in [3.63, 3.8) is 0 Å². The standard InChI is InChI=1S/C11H21O/c1-10(2)7-5-6-8-11(3,4)9(10)12/h9H,5-8H2,1-4H3. The average Bonchev–Trinajstić information content (AvgIpc) is 2.02. The summed E-state index contributed by atoms with van der Waals surface area (Å²) >= 11 is 0. The minimum atomic E-state index is -0.396. The second-order valence-corrected chi connectivity index (χ2v) is 5.56. The second kappa shape index (κ2) is 3.02. The first kappa shape index (κ1) is 10.0. The first-order valence-corrected chi connectivity index (χ1v) is 5.02. The van der Waals surface area contributed by atoms with Gasteiger partial charge in [-0.25, -0.2) is 5.11 Å². The van der Waals surface area contributed by atoms with E-state index in [9.17, 15) is 5.11 Å². The lowest BCUT2D eigenvalue weighted by atomic mass is 9.71. The van der Waals surface area contributed by atoms with Gasteiger partial charge in [0.1, 0.15) is 6.10 Å².